The van der Waals surface area contributed by atoms with Crippen LogP contribution in [0.4, 0.5) is 4.39 Å². The van der Waals surface area contributed by atoms with Crippen molar-refractivity contribution in [3.63, 3.8) is 0 Å². The van der Waals surface area contributed by atoms with Gasteiger partial charge in [0.1, 0.15) is 11.6 Å². The zero-order valence-corrected chi connectivity index (χ0v) is 9.22. The number of rotatable bonds is 2. The summed E-state index contributed by atoms with van der Waals surface area (Å²) in [5.41, 5.74) is 1.57. The van der Waals surface area contributed by atoms with Crippen LogP contribution in [-0.2, 0) is 11.3 Å². The van der Waals surface area contributed by atoms with E-state index in [0.29, 0.717) is 28.6 Å². The van der Waals surface area contributed by atoms with Crippen LogP contribution in [0.15, 0.2) is 28.7 Å². The van der Waals surface area contributed by atoms with Crippen LogP contribution in [0.1, 0.15) is 16.1 Å². The Kier molecular flexibility index (Phi) is 2.54. The third kappa shape index (κ3) is 1.66. The number of halogens is 1. The first-order chi connectivity index (χ1) is 8.69. The summed E-state index contributed by atoms with van der Waals surface area (Å²) in [6.07, 6.45) is 0.578. The minimum absolute atomic E-state index is 0.169. The van der Waals surface area contributed by atoms with Crippen molar-refractivity contribution in [3.05, 3.63) is 41.4 Å². The molecule has 0 spiro atoms. The molecule has 6 heteroatoms. The maximum Gasteiger partial charge on any atom is 0.491 e. The van der Waals surface area contributed by atoms with Crippen LogP contribution in [0.2, 0.25) is 0 Å². The van der Waals surface area contributed by atoms with E-state index in [1.165, 1.54) is 18.2 Å². The van der Waals surface area contributed by atoms with E-state index < -0.39 is 12.9 Å². The molecule has 0 unspecified atom stereocenters. The van der Waals surface area contributed by atoms with Crippen LogP contribution in [0.5, 0.6) is 0 Å². The second-order valence-corrected chi connectivity index (χ2v) is 4.00. The molecule has 0 saturated heterocycles. The molecule has 2 aromatic rings. The first-order valence-electron chi connectivity index (χ1n) is 5.36. The number of furan rings is 1. The predicted molar refractivity (Wildman–Crippen MR) is 61.9 cm³/mol. The van der Waals surface area contributed by atoms with E-state index in [0.717, 1.165) is 0 Å². The van der Waals surface area contributed by atoms with Crippen molar-refractivity contribution in [2.24, 2.45) is 0 Å². The first kappa shape index (κ1) is 11.2. The van der Waals surface area contributed by atoms with Gasteiger partial charge in [0.05, 0.1) is 6.61 Å². The van der Waals surface area contributed by atoms with Crippen LogP contribution in [-0.4, -0.2) is 18.4 Å². The average Bonchev–Trinajstić information content (AvgIpc) is 2.96. The third-order valence-corrected chi connectivity index (χ3v) is 2.91. The molecule has 1 N–H and O–H groups in total. The lowest BCUT2D eigenvalue weighted by Crippen LogP contribution is -2.28. The van der Waals surface area contributed by atoms with Crippen LogP contribution in [0, 0.1) is 5.82 Å². The van der Waals surface area contributed by atoms with Gasteiger partial charge in [0, 0.05) is 5.56 Å². The van der Waals surface area contributed by atoms with E-state index in [2.05, 4.69) is 0 Å². The van der Waals surface area contributed by atoms with Crippen molar-refractivity contribution in [2.45, 2.75) is 6.61 Å². The number of fused-ring (bicyclic) bond motifs is 1. The fourth-order valence-electron chi connectivity index (χ4n) is 2.07. The van der Waals surface area contributed by atoms with Gasteiger partial charge in [-0.2, -0.15) is 0 Å². The highest BCUT2D eigenvalue weighted by atomic mass is 19.1. The number of carbonyl (C=O) groups excluding carboxylic acids is 1. The Bertz CT molecular complexity index is 623. The number of carbonyl (C=O) groups is 1. The number of hydrogen-bond acceptors (Lipinski definition) is 4. The maximum atomic E-state index is 13.5. The minimum Gasteiger partial charge on any atom is -0.453 e. The van der Waals surface area contributed by atoms with Crippen LogP contribution in [0.3, 0.4) is 0 Å². The van der Waals surface area contributed by atoms with Crippen molar-refractivity contribution in [1.82, 2.24) is 0 Å². The predicted octanol–water partition coefficient (Wildman–Crippen LogP) is 1.12. The quantitative estimate of drug-likeness (QED) is 0.637. The van der Waals surface area contributed by atoms with Gasteiger partial charge in [-0.15, -0.1) is 0 Å². The lowest BCUT2D eigenvalue weighted by molar-refractivity contribution is 0.110. The Hall–Kier alpha value is -1.92. The van der Waals surface area contributed by atoms with Gasteiger partial charge in [0.25, 0.3) is 0 Å². The summed E-state index contributed by atoms with van der Waals surface area (Å²) in [4.78, 5) is 10.6. The maximum absolute atomic E-state index is 13.5. The van der Waals surface area contributed by atoms with Gasteiger partial charge in [-0.3, -0.25) is 4.79 Å². The topological polar surface area (TPSA) is 59.7 Å². The van der Waals surface area contributed by atoms with Gasteiger partial charge in [-0.25, -0.2) is 4.39 Å². The van der Waals surface area contributed by atoms with Crippen molar-refractivity contribution in [2.75, 3.05) is 0 Å². The van der Waals surface area contributed by atoms with Crippen molar-refractivity contribution < 1.29 is 23.3 Å². The van der Waals surface area contributed by atoms with E-state index in [9.17, 15) is 14.2 Å². The molecule has 1 aromatic heterocycles. The van der Waals surface area contributed by atoms with Crippen LogP contribution < -0.4 is 5.46 Å². The molecule has 1 aromatic carbocycles. The fourth-order valence-corrected chi connectivity index (χ4v) is 2.07. The molecule has 90 valence electrons. The summed E-state index contributed by atoms with van der Waals surface area (Å²) in [6, 6.07) is 5.63. The summed E-state index contributed by atoms with van der Waals surface area (Å²) in [7, 11) is -1.12. The minimum atomic E-state index is -1.12. The van der Waals surface area contributed by atoms with Crippen molar-refractivity contribution >= 4 is 18.9 Å². The molecule has 2 heterocycles. The first-order valence-corrected chi connectivity index (χ1v) is 5.36. The summed E-state index contributed by atoms with van der Waals surface area (Å²) in [5.74, 6) is 0.0605. The summed E-state index contributed by atoms with van der Waals surface area (Å²) in [5, 5.41) is 9.55. The van der Waals surface area contributed by atoms with Gasteiger partial charge in [0.2, 0.25) is 0 Å². The summed E-state index contributed by atoms with van der Waals surface area (Å²) >= 11 is 0. The highest BCUT2D eigenvalue weighted by Gasteiger charge is 2.31. The van der Waals surface area contributed by atoms with Crippen LogP contribution in [0.25, 0.3) is 11.3 Å². The molecule has 0 atom stereocenters. The van der Waals surface area contributed by atoms with E-state index in [-0.39, 0.29) is 12.4 Å². The Morgan fingerprint density at radius 1 is 1.39 bits per heavy atom. The number of aldehydes is 1. The molecular weight excluding hydrogens is 238 g/mol. The molecule has 0 saturated carbocycles. The molecule has 1 aliphatic heterocycles. The van der Waals surface area contributed by atoms with E-state index in [1.54, 1.807) is 6.07 Å². The molecule has 0 radical (unpaired) electrons. The Morgan fingerprint density at radius 2 is 2.22 bits per heavy atom. The molecule has 3 rings (SSSR count). The van der Waals surface area contributed by atoms with Gasteiger partial charge in [-0.05, 0) is 35.3 Å². The van der Waals surface area contributed by atoms with Crippen molar-refractivity contribution in [3.8, 4) is 11.3 Å². The Balaban J connectivity index is 2.17. The molecular formula is C12H8BFO4. The average molecular weight is 246 g/mol. The van der Waals surface area contributed by atoms with E-state index in [1.807, 2.05) is 0 Å². The second kappa shape index (κ2) is 4.08. The Morgan fingerprint density at radius 3 is 2.94 bits per heavy atom. The molecule has 4 nitrogen and oxygen atoms in total. The zero-order chi connectivity index (χ0) is 12.7. The van der Waals surface area contributed by atoms with Gasteiger partial charge < -0.3 is 14.1 Å². The zero-order valence-electron chi connectivity index (χ0n) is 9.22. The van der Waals surface area contributed by atoms with Crippen LogP contribution >= 0.6 is 0 Å². The largest absolute Gasteiger partial charge is 0.491 e. The fraction of sp³-hybridized carbons (Fsp3) is 0.0833. The summed E-state index contributed by atoms with van der Waals surface area (Å²) in [6.45, 7) is 0.184. The molecule has 1 aliphatic rings. The highest BCUT2D eigenvalue weighted by molar-refractivity contribution is 6.61. The molecule has 18 heavy (non-hydrogen) atoms. The number of hydrogen-bond donors (Lipinski definition) is 1. The molecule has 0 aliphatic carbocycles. The van der Waals surface area contributed by atoms with Gasteiger partial charge in [0.15, 0.2) is 12.0 Å². The SMILES string of the molecule is O=Cc1ccc(-c2cc(F)cc3c2COB3O)o1. The molecule has 0 fully saturated rings. The normalized spacial score (nSPS) is 13.8. The third-order valence-electron chi connectivity index (χ3n) is 2.91. The smallest absolute Gasteiger partial charge is 0.453 e. The van der Waals surface area contributed by atoms with E-state index in [4.69, 9.17) is 9.07 Å². The lowest BCUT2D eigenvalue weighted by atomic mass is 9.78. The van der Waals surface area contributed by atoms with Gasteiger partial charge >= 0.3 is 7.12 Å². The van der Waals surface area contributed by atoms with Crippen molar-refractivity contribution in [1.29, 1.82) is 0 Å². The summed E-state index contributed by atoms with van der Waals surface area (Å²) < 4.78 is 23.8. The monoisotopic (exact) mass is 246 g/mol. The Labute approximate surface area is 102 Å². The second-order valence-electron chi connectivity index (χ2n) is 4.00. The lowest BCUT2D eigenvalue weighted by Gasteiger charge is -2.05. The van der Waals surface area contributed by atoms with Gasteiger partial charge in [-0.1, -0.05) is 0 Å². The van der Waals surface area contributed by atoms with E-state index >= 15 is 0 Å². The highest BCUT2D eigenvalue weighted by Crippen LogP contribution is 2.28. The number of benzene rings is 1. The molecule has 0 bridgehead atoms. The molecule has 0 amide bonds. The standard InChI is InChI=1S/C12H8BFO4/c14-7-3-9(12-2-1-8(5-15)18-12)10-6-17-13(16)11(10)4-7/h1-5,16H,6H2.